The topological polar surface area (TPSA) is 9.23 Å². The van der Waals surface area contributed by atoms with E-state index < -0.39 is 0 Å². The number of hydrogen-bond donors (Lipinski definition) is 0. The Morgan fingerprint density at radius 2 is 1.93 bits per heavy atom. The Morgan fingerprint density at radius 1 is 1.14 bits per heavy atom. The van der Waals surface area contributed by atoms with Gasteiger partial charge < -0.3 is 4.74 Å². The van der Waals surface area contributed by atoms with Gasteiger partial charge in [0.15, 0.2) is 0 Å². The van der Waals surface area contributed by atoms with Gasteiger partial charge >= 0.3 is 0 Å². The fourth-order valence-corrected chi connectivity index (χ4v) is 1.23. The molecule has 0 aliphatic heterocycles. The normalized spacial score (nSPS) is 8.64. The Balaban J connectivity index is 0.000000845. The van der Waals surface area contributed by atoms with E-state index in [0.717, 1.165) is 5.75 Å². The summed E-state index contributed by atoms with van der Waals surface area (Å²) in [6.45, 7) is 0. The molecule has 2 rings (SSSR count). The van der Waals surface area contributed by atoms with Gasteiger partial charge in [0.05, 0.1) is 7.11 Å². The van der Waals surface area contributed by atoms with Gasteiger partial charge in [-0.25, -0.2) is 0 Å². The Morgan fingerprint density at radius 3 is 2.64 bits per heavy atom. The van der Waals surface area contributed by atoms with Gasteiger partial charge in [-0.1, -0.05) is 0 Å². The summed E-state index contributed by atoms with van der Waals surface area (Å²) in [7, 11) is 1.68. The van der Waals surface area contributed by atoms with Crippen LogP contribution in [-0.2, 0) is 17.1 Å². The molecule has 0 aliphatic rings. The van der Waals surface area contributed by atoms with Crippen LogP contribution in [0.15, 0.2) is 36.4 Å². The third-order valence-corrected chi connectivity index (χ3v) is 1.89. The minimum absolute atomic E-state index is 0. The van der Waals surface area contributed by atoms with Crippen LogP contribution >= 0.6 is 12.4 Å². The van der Waals surface area contributed by atoms with Crippen LogP contribution in [-0.4, -0.2) is 7.11 Å². The summed E-state index contributed by atoms with van der Waals surface area (Å²) in [6, 6.07) is 14.9. The number of ether oxygens (including phenoxy) is 1. The van der Waals surface area contributed by atoms with Crippen molar-refractivity contribution in [2.45, 2.75) is 0 Å². The molecule has 0 saturated heterocycles. The smallest absolute Gasteiger partial charge is 0.116 e. The van der Waals surface area contributed by atoms with Crippen molar-refractivity contribution in [3.05, 3.63) is 42.5 Å². The summed E-state index contributed by atoms with van der Waals surface area (Å²) < 4.78 is 5.11. The van der Waals surface area contributed by atoms with Gasteiger partial charge in [0.25, 0.3) is 0 Å². The molecule has 0 heterocycles. The second kappa shape index (κ2) is 5.92. The molecular weight excluding hydrogens is 239 g/mol. The van der Waals surface area contributed by atoms with Gasteiger partial charge in [-0.3, -0.25) is 0 Å². The average molecular weight is 249 g/mol. The Labute approximate surface area is 100 Å². The molecule has 0 N–H and O–H groups in total. The molecular formula is C11H10ClMnO-. The van der Waals surface area contributed by atoms with E-state index in [2.05, 4.69) is 6.07 Å². The van der Waals surface area contributed by atoms with Crippen molar-refractivity contribution in [2.75, 3.05) is 7.11 Å². The molecule has 0 spiro atoms. The van der Waals surface area contributed by atoms with Crippen molar-refractivity contribution in [3.8, 4) is 5.75 Å². The van der Waals surface area contributed by atoms with E-state index in [0.29, 0.717) is 0 Å². The first-order valence-corrected chi connectivity index (χ1v) is 3.84. The van der Waals surface area contributed by atoms with Crippen LogP contribution in [0.3, 0.4) is 0 Å². The summed E-state index contributed by atoms with van der Waals surface area (Å²) in [6.07, 6.45) is 0. The van der Waals surface area contributed by atoms with E-state index in [9.17, 15) is 0 Å². The molecule has 0 aromatic heterocycles. The maximum Gasteiger partial charge on any atom is 0.116 e. The maximum atomic E-state index is 5.11. The van der Waals surface area contributed by atoms with Crippen LogP contribution in [0.5, 0.6) is 5.75 Å². The second-order valence-electron chi connectivity index (χ2n) is 2.64. The quantitative estimate of drug-likeness (QED) is 0.557. The molecule has 0 aliphatic carbocycles. The van der Waals surface area contributed by atoms with Crippen LogP contribution in [0.1, 0.15) is 0 Å². The molecule has 2 aromatic carbocycles. The van der Waals surface area contributed by atoms with E-state index in [-0.39, 0.29) is 29.5 Å². The van der Waals surface area contributed by atoms with Crippen LogP contribution in [0.25, 0.3) is 10.8 Å². The number of methoxy groups -OCH3 is 1. The summed E-state index contributed by atoms with van der Waals surface area (Å²) in [4.78, 5) is 0. The molecule has 0 unspecified atom stereocenters. The van der Waals surface area contributed by atoms with Gasteiger partial charge in [0.2, 0.25) is 0 Å². The number of rotatable bonds is 1. The summed E-state index contributed by atoms with van der Waals surface area (Å²) >= 11 is 0. The first-order chi connectivity index (χ1) is 5.90. The van der Waals surface area contributed by atoms with Crippen LogP contribution in [0, 0.1) is 6.07 Å². The summed E-state index contributed by atoms with van der Waals surface area (Å²) in [5.41, 5.74) is 0. The molecule has 2 aromatic rings. The first kappa shape index (κ1) is 13.3. The van der Waals surface area contributed by atoms with Gasteiger partial charge in [-0.05, 0) is 12.1 Å². The second-order valence-corrected chi connectivity index (χ2v) is 2.64. The van der Waals surface area contributed by atoms with Crippen molar-refractivity contribution in [1.29, 1.82) is 0 Å². The van der Waals surface area contributed by atoms with Crippen molar-refractivity contribution in [3.63, 3.8) is 0 Å². The molecule has 1 radical (unpaired) electrons. The molecule has 0 saturated carbocycles. The molecule has 75 valence electrons. The molecule has 0 bridgehead atoms. The monoisotopic (exact) mass is 248 g/mol. The molecule has 0 amide bonds. The Bertz CT molecular complexity index is 403. The molecule has 1 nitrogen and oxygen atoms in total. The van der Waals surface area contributed by atoms with Crippen LogP contribution in [0.4, 0.5) is 0 Å². The fourth-order valence-electron chi connectivity index (χ4n) is 1.23. The summed E-state index contributed by atoms with van der Waals surface area (Å²) in [5, 5.41) is 2.38. The molecule has 0 fully saturated rings. The van der Waals surface area contributed by atoms with E-state index in [4.69, 9.17) is 4.74 Å². The van der Waals surface area contributed by atoms with E-state index >= 15 is 0 Å². The number of halogens is 1. The van der Waals surface area contributed by atoms with Crippen molar-refractivity contribution in [2.24, 2.45) is 0 Å². The number of hydrogen-bond acceptors (Lipinski definition) is 1. The SMILES string of the molecule is COc1ccc2c[c-]ccc2c1.Cl.[Mn]. The largest absolute Gasteiger partial charge is 0.497 e. The van der Waals surface area contributed by atoms with E-state index in [1.807, 2.05) is 36.4 Å². The van der Waals surface area contributed by atoms with E-state index in [1.54, 1.807) is 7.11 Å². The van der Waals surface area contributed by atoms with Gasteiger partial charge in [-0.15, -0.1) is 29.2 Å². The zero-order valence-electron chi connectivity index (χ0n) is 7.66. The summed E-state index contributed by atoms with van der Waals surface area (Å²) in [5.74, 6) is 0.897. The minimum Gasteiger partial charge on any atom is -0.497 e. The Hall–Kier alpha value is -0.691. The van der Waals surface area contributed by atoms with E-state index in [1.165, 1.54) is 10.8 Å². The van der Waals surface area contributed by atoms with Crippen LogP contribution < -0.4 is 4.74 Å². The fraction of sp³-hybridized carbons (Fsp3) is 0.0909. The van der Waals surface area contributed by atoms with Crippen molar-refractivity contribution >= 4 is 23.2 Å². The Kier molecular flexibility index (Phi) is 5.63. The molecule has 0 atom stereocenters. The van der Waals surface area contributed by atoms with Gasteiger partial charge in [-0.2, -0.15) is 24.3 Å². The maximum absolute atomic E-state index is 5.11. The zero-order chi connectivity index (χ0) is 8.39. The number of fused-ring (bicyclic) bond motifs is 1. The predicted octanol–water partition coefficient (Wildman–Crippen LogP) is 3.07. The molecule has 3 heteroatoms. The predicted molar refractivity (Wildman–Crippen MR) is 56.6 cm³/mol. The standard InChI is InChI=1S/C11H9O.ClH.Mn/c1-12-11-7-6-9-4-2-3-5-10(9)8-11;;/h3-8H,1H3;1H;/q-1;;. The third-order valence-electron chi connectivity index (χ3n) is 1.89. The zero-order valence-corrected chi connectivity index (χ0v) is 9.66. The van der Waals surface area contributed by atoms with Crippen molar-refractivity contribution in [1.82, 2.24) is 0 Å². The average Bonchev–Trinajstić information content (AvgIpc) is 2.17. The van der Waals surface area contributed by atoms with Gasteiger partial charge in [0.1, 0.15) is 5.75 Å². The van der Waals surface area contributed by atoms with Crippen LogP contribution in [0.2, 0.25) is 0 Å². The first-order valence-electron chi connectivity index (χ1n) is 3.84. The van der Waals surface area contributed by atoms with Gasteiger partial charge in [0, 0.05) is 17.1 Å². The number of benzene rings is 2. The molecule has 14 heavy (non-hydrogen) atoms. The van der Waals surface area contributed by atoms with Crippen molar-refractivity contribution < 1.29 is 21.8 Å². The third kappa shape index (κ3) is 2.65. The minimum atomic E-state index is 0.